The molecular formula is C18H24FN4S+. The number of hydrogen-bond donors (Lipinski definition) is 2. The highest BCUT2D eigenvalue weighted by Crippen LogP contribution is 2.21. The summed E-state index contributed by atoms with van der Waals surface area (Å²) in [5.74, 6) is -0.313. The highest BCUT2D eigenvalue weighted by molar-refractivity contribution is 7.80. The van der Waals surface area contributed by atoms with Gasteiger partial charge in [-0.1, -0.05) is 18.2 Å². The molecule has 2 rings (SSSR count). The number of thiocarbonyl (C=S) groups is 1. The van der Waals surface area contributed by atoms with Crippen LogP contribution < -0.4 is 10.2 Å². The molecular weight excluding hydrogens is 323 g/mol. The fourth-order valence-corrected chi connectivity index (χ4v) is 2.73. The lowest BCUT2D eigenvalue weighted by molar-refractivity contribution is -0.857. The number of rotatable bonds is 6. The molecule has 128 valence electrons. The third-order valence-electron chi connectivity index (χ3n) is 3.86. The molecule has 2 aromatic rings. The van der Waals surface area contributed by atoms with Crippen LogP contribution >= 0.6 is 12.2 Å². The SMILES string of the molecule is CC(c1cccnc1)N(CC[NH+](C)C)C(=S)Nc1ccccc1F. The number of quaternary nitrogens is 1. The largest absolute Gasteiger partial charge is 0.338 e. The maximum absolute atomic E-state index is 13.9. The van der Waals surface area contributed by atoms with Crippen LogP contribution in [0.5, 0.6) is 0 Å². The number of nitrogens with zero attached hydrogens (tertiary/aromatic N) is 2. The Morgan fingerprint density at radius 2 is 2.04 bits per heavy atom. The summed E-state index contributed by atoms with van der Waals surface area (Å²) in [6.45, 7) is 3.76. The molecule has 1 aromatic heterocycles. The first-order valence-corrected chi connectivity index (χ1v) is 8.41. The fraction of sp³-hybridized carbons (Fsp3) is 0.333. The molecule has 0 fully saturated rings. The standard InChI is InChI=1S/C18H23FN4S/c1-14(15-7-6-10-20-13-15)23(12-11-22(2)3)18(24)21-17-9-5-4-8-16(17)19/h4-10,13-14H,11-12H2,1-3H3,(H,21,24)/p+1. The zero-order chi connectivity index (χ0) is 17.5. The maximum Gasteiger partial charge on any atom is 0.174 e. The number of halogens is 1. The van der Waals surface area contributed by atoms with E-state index in [-0.39, 0.29) is 11.9 Å². The molecule has 0 aliphatic rings. The summed E-state index contributed by atoms with van der Waals surface area (Å²) in [5, 5.41) is 3.55. The van der Waals surface area contributed by atoms with Gasteiger partial charge in [0.05, 0.1) is 38.9 Å². The van der Waals surface area contributed by atoms with E-state index in [0.717, 1.165) is 18.7 Å². The monoisotopic (exact) mass is 347 g/mol. The summed E-state index contributed by atoms with van der Waals surface area (Å²) in [5.41, 5.74) is 1.46. The molecule has 24 heavy (non-hydrogen) atoms. The van der Waals surface area contributed by atoms with Crippen LogP contribution in [-0.4, -0.2) is 42.2 Å². The van der Waals surface area contributed by atoms with E-state index in [1.165, 1.54) is 11.0 Å². The molecule has 0 saturated heterocycles. The van der Waals surface area contributed by atoms with E-state index in [2.05, 4.69) is 36.2 Å². The van der Waals surface area contributed by atoms with Crippen molar-refractivity contribution < 1.29 is 9.29 Å². The third kappa shape index (κ3) is 4.97. The number of hydrogen-bond acceptors (Lipinski definition) is 2. The molecule has 0 aliphatic heterocycles. The van der Waals surface area contributed by atoms with Crippen molar-refractivity contribution in [1.82, 2.24) is 9.88 Å². The molecule has 0 radical (unpaired) electrons. The zero-order valence-corrected chi connectivity index (χ0v) is 15.1. The van der Waals surface area contributed by atoms with E-state index < -0.39 is 0 Å². The molecule has 0 saturated carbocycles. The van der Waals surface area contributed by atoms with Gasteiger partial charge in [-0.25, -0.2) is 4.39 Å². The lowest BCUT2D eigenvalue weighted by atomic mass is 10.1. The smallest absolute Gasteiger partial charge is 0.174 e. The molecule has 2 N–H and O–H groups in total. The van der Waals surface area contributed by atoms with Crippen LogP contribution in [0.2, 0.25) is 0 Å². The predicted molar refractivity (Wildman–Crippen MR) is 99.7 cm³/mol. The van der Waals surface area contributed by atoms with E-state index in [9.17, 15) is 4.39 Å². The van der Waals surface area contributed by atoms with Crippen molar-refractivity contribution in [1.29, 1.82) is 0 Å². The summed E-state index contributed by atoms with van der Waals surface area (Å²) in [7, 11) is 4.19. The van der Waals surface area contributed by atoms with E-state index in [1.807, 2.05) is 18.3 Å². The van der Waals surface area contributed by atoms with Crippen LogP contribution in [0, 0.1) is 5.82 Å². The highest BCUT2D eigenvalue weighted by atomic mass is 32.1. The number of pyridine rings is 1. The number of likely N-dealkylation sites (N-methyl/N-ethyl adjacent to an activating group) is 1. The molecule has 0 amide bonds. The summed E-state index contributed by atoms with van der Waals surface area (Å²) >= 11 is 5.56. The molecule has 0 spiro atoms. The van der Waals surface area contributed by atoms with Crippen LogP contribution in [0.1, 0.15) is 18.5 Å². The van der Waals surface area contributed by atoms with Gasteiger partial charge in [0, 0.05) is 12.4 Å². The van der Waals surface area contributed by atoms with Crippen LogP contribution in [-0.2, 0) is 0 Å². The van der Waals surface area contributed by atoms with Gasteiger partial charge in [-0.2, -0.15) is 0 Å². The Kier molecular flexibility index (Phi) is 6.63. The van der Waals surface area contributed by atoms with Gasteiger partial charge in [-0.05, 0) is 42.9 Å². The normalized spacial score (nSPS) is 12.0. The number of aromatic nitrogens is 1. The van der Waals surface area contributed by atoms with Crippen molar-refractivity contribution in [3.8, 4) is 0 Å². The van der Waals surface area contributed by atoms with Gasteiger partial charge in [0.2, 0.25) is 0 Å². The van der Waals surface area contributed by atoms with Crippen LogP contribution in [0.3, 0.4) is 0 Å². The van der Waals surface area contributed by atoms with Crippen molar-refractivity contribution >= 4 is 23.0 Å². The van der Waals surface area contributed by atoms with Crippen molar-refractivity contribution in [2.75, 3.05) is 32.5 Å². The average Bonchev–Trinajstić information content (AvgIpc) is 2.57. The number of para-hydroxylation sites is 1. The summed E-state index contributed by atoms with van der Waals surface area (Å²) in [4.78, 5) is 7.59. The van der Waals surface area contributed by atoms with Gasteiger partial charge in [0.1, 0.15) is 5.82 Å². The Labute approximate surface area is 148 Å². The van der Waals surface area contributed by atoms with Crippen molar-refractivity contribution in [3.05, 3.63) is 60.2 Å². The van der Waals surface area contributed by atoms with Crippen molar-refractivity contribution in [2.45, 2.75) is 13.0 Å². The molecule has 1 atom stereocenters. The van der Waals surface area contributed by atoms with Crippen molar-refractivity contribution in [2.24, 2.45) is 0 Å². The Balaban J connectivity index is 2.18. The minimum Gasteiger partial charge on any atom is -0.338 e. The third-order valence-corrected chi connectivity index (χ3v) is 4.20. The van der Waals surface area contributed by atoms with Gasteiger partial charge in [0.15, 0.2) is 5.11 Å². The van der Waals surface area contributed by atoms with Gasteiger partial charge >= 0.3 is 0 Å². The van der Waals surface area contributed by atoms with Crippen LogP contribution in [0.15, 0.2) is 48.8 Å². The van der Waals surface area contributed by atoms with E-state index in [0.29, 0.717) is 10.8 Å². The van der Waals surface area contributed by atoms with E-state index in [4.69, 9.17) is 12.2 Å². The predicted octanol–water partition coefficient (Wildman–Crippen LogP) is 2.13. The lowest BCUT2D eigenvalue weighted by Gasteiger charge is -2.32. The van der Waals surface area contributed by atoms with Crippen LogP contribution in [0.25, 0.3) is 0 Å². The average molecular weight is 347 g/mol. The molecule has 1 heterocycles. The van der Waals surface area contributed by atoms with Gasteiger partial charge in [0.25, 0.3) is 0 Å². The van der Waals surface area contributed by atoms with Gasteiger partial charge < -0.3 is 15.1 Å². The Morgan fingerprint density at radius 3 is 2.67 bits per heavy atom. The van der Waals surface area contributed by atoms with Crippen LogP contribution in [0.4, 0.5) is 10.1 Å². The Hall–Kier alpha value is -2.05. The number of benzene rings is 1. The zero-order valence-electron chi connectivity index (χ0n) is 14.3. The summed E-state index contributed by atoms with van der Waals surface area (Å²) < 4.78 is 13.9. The quantitative estimate of drug-likeness (QED) is 0.784. The second-order valence-electron chi connectivity index (χ2n) is 6.02. The molecule has 1 aromatic carbocycles. The van der Waals surface area contributed by atoms with Crippen molar-refractivity contribution in [3.63, 3.8) is 0 Å². The highest BCUT2D eigenvalue weighted by Gasteiger charge is 2.20. The first kappa shape index (κ1) is 18.3. The molecule has 0 bridgehead atoms. The topological polar surface area (TPSA) is 32.6 Å². The summed E-state index contributed by atoms with van der Waals surface area (Å²) in [6.07, 6.45) is 3.59. The first-order chi connectivity index (χ1) is 11.5. The number of nitrogens with one attached hydrogen (secondary N) is 2. The van der Waals surface area contributed by atoms with Gasteiger partial charge in [-0.3, -0.25) is 4.98 Å². The first-order valence-electron chi connectivity index (χ1n) is 8.00. The minimum atomic E-state index is -0.313. The second kappa shape index (κ2) is 8.70. The Bertz CT molecular complexity index is 663. The fourth-order valence-electron chi connectivity index (χ4n) is 2.37. The molecule has 6 heteroatoms. The maximum atomic E-state index is 13.9. The molecule has 0 aliphatic carbocycles. The van der Waals surface area contributed by atoms with E-state index >= 15 is 0 Å². The molecule has 4 nitrogen and oxygen atoms in total. The van der Waals surface area contributed by atoms with Gasteiger partial charge in [-0.15, -0.1) is 0 Å². The second-order valence-corrected chi connectivity index (χ2v) is 6.41. The number of anilines is 1. The summed E-state index contributed by atoms with van der Waals surface area (Å²) in [6, 6.07) is 10.5. The Morgan fingerprint density at radius 1 is 1.29 bits per heavy atom. The lowest BCUT2D eigenvalue weighted by Crippen LogP contribution is -3.06. The minimum absolute atomic E-state index is 0.0461. The van der Waals surface area contributed by atoms with E-state index in [1.54, 1.807) is 24.4 Å². The molecule has 1 unspecified atom stereocenters.